The summed E-state index contributed by atoms with van der Waals surface area (Å²) in [5, 5.41) is 0. The third-order valence-electron chi connectivity index (χ3n) is 5.32. The van der Waals surface area contributed by atoms with Crippen LogP contribution in [0.3, 0.4) is 0 Å². The van der Waals surface area contributed by atoms with Crippen LogP contribution in [0.1, 0.15) is 35.7 Å². The van der Waals surface area contributed by atoms with Gasteiger partial charge in [0.05, 0.1) is 7.11 Å². The highest BCUT2D eigenvalue weighted by Crippen LogP contribution is 2.22. The van der Waals surface area contributed by atoms with E-state index in [1.165, 1.54) is 11.3 Å². The summed E-state index contributed by atoms with van der Waals surface area (Å²) in [5.74, 6) is 0.757. The standard InChI is InChI=1S/C23H28N2O3/c1-17-4-8-20(9-5-17)25-15-14-24(16-18(25)2)23(27)13-12-22(26)19-6-10-21(28-3)11-7-19/h4-11,18H,12-16H2,1-3H3/t18-/m0/s1. The molecule has 0 aromatic heterocycles. The second-order valence-corrected chi connectivity index (χ2v) is 7.37. The number of Topliss-reactive ketones (excluding diaryl/α,β-unsaturated/α-hetero) is 1. The first-order chi connectivity index (χ1) is 13.5. The molecule has 1 saturated heterocycles. The van der Waals surface area contributed by atoms with Crippen LogP contribution in [0.2, 0.25) is 0 Å². The predicted molar refractivity (Wildman–Crippen MR) is 111 cm³/mol. The summed E-state index contributed by atoms with van der Waals surface area (Å²) in [4.78, 5) is 29.2. The van der Waals surface area contributed by atoms with Gasteiger partial charge in [-0.15, -0.1) is 0 Å². The highest BCUT2D eigenvalue weighted by Gasteiger charge is 2.27. The molecule has 0 unspecified atom stereocenters. The Morgan fingerprint density at radius 1 is 1.00 bits per heavy atom. The van der Waals surface area contributed by atoms with E-state index in [-0.39, 0.29) is 30.6 Å². The molecule has 5 heteroatoms. The third kappa shape index (κ3) is 4.71. The normalized spacial score (nSPS) is 16.8. The molecular weight excluding hydrogens is 352 g/mol. The van der Waals surface area contributed by atoms with Crippen molar-refractivity contribution in [2.75, 3.05) is 31.6 Å². The van der Waals surface area contributed by atoms with Crippen molar-refractivity contribution in [3.05, 3.63) is 59.7 Å². The van der Waals surface area contributed by atoms with Crippen LogP contribution in [0, 0.1) is 6.92 Å². The molecule has 1 atom stereocenters. The Morgan fingerprint density at radius 3 is 2.29 bits per heavy atom. The van der Waals surface area contributed by atoms with E-state index in [0.29, 0.717) is 24.4 Å². The maximum absolute atomic E-state index is 12.6. The molecule has 1 aliphatic rings. The Morgan fingerprint density at radius 2 is 1.68 bits per heavy atom. The van der Waals surface area contributed by atoms with Crippen LogP contribution >= 0.6 is 0 Å². The molecule has 0 aliphatic carbocycles. The molecule has 0 bridgehead atoms. The van der Waals surface area contributed by atoms with Gasteiger partial charge in [-0.2, -0.15) is 0 Å². The maximum atomic E-state index is 12.6. The van der Waals surface area contributed by atoms with Gasteiger partial charge in [0.2, 0.25) is 5.91 Å². The Hall–Kier alpha value is -2.82. The number of benzene rings is 2. The number of amides is 1. The predicted octanol–water partition coefficient (Wildman–Crippen LogP) is 3.70. The Kier molecular flexibility index (Phi) is 6.34. The molecule has 0 spiro atoms. The summed E-state index contributed by atoms with van der Waals surface area (Å²) >= 11 is 0. The number of hydrogen-bond acceptors (Lipinski definition) is 4. The van der Waals surface area contributed by atoms with Gasteiger partial charge in [0.15, 0.2) is 5.78 Å². The first-order valence-electron chi connectivity index (χ1n) is 9.76. The maximum Gasteiger partial charge on any atom is 0.223 e. The van der Waals surface area contributed by atoms with Gasteiger partial charge in [-0.05, 0) is 50.2 Å². The fraction of sp³-hybridized carbons (Fsp3) is 0.391. The second kappa shape index (κ2) is 8.91. The number of nitrogens with zero attached hydrogens (tertiary/aromatic N) is 2. The first kappa shape index (κ1) is 19.9. The smallest absolute Gasteiger partial charge is 0.223 e. The van der Waals surface area contributed by atoms with Crippen molar-refractivity contribution in [3.8, 4) is 5.75 Å². The number of aryl methyl sites for hydroxylation is 1. The minimum absolute atomic E-state index is 0.0117. The average molecular weight is 380 g/mol. The minimum atomic E-state index is -0.0117. The van der Waals surface area contributed by atoms with Gasteiger partial charge in [-0.3, -0.25) is 9.59 Å². The molecule has 0 saturated carbocycles. The summed E-state index contributed by atoms with van der Waals surface area (Å²) in [6.07, 6.45) is 0.486. The van der Waals surface area contributed by atoms with E-state index >= 15 is 0 Å². The van der Waals surface area contributed by atoms with Gasteiger partial charge in [0, 0.05) is 49.8 Å². The Bertz CT molecular complexity index is 815. The lowest BCUT2D eigenvalue weighted by Crippen LogP contribution is -2.53. The minimum Gasteiger partial charge on any atom is -0.497 e. The van der Waals surface area contributed by atoms with Crippen molar-refractivity contribution in [2.24, 2.45) is 0 Å². The summed E-state index contributed by atoms with van der Waals surface area (Å²) < 4.78 is 5.11. The van der Waals surface area contributed by atoms with Gasteiger partial charge in [-0.1, -0.05) is 17.7 Å². The lowest BCUT2D eigenvalue weighted by molar-refractivity contribution is -0.131. The monoisotopic (exact) mass is 380 g/mol. The van der Waals surface area contributed by atoms with Crippen molar-refractivity contribution < 1.29 is 14.3 Å². The zero-order valence-corrected chi connectivity index (χ0v) is 16.9. The number of ether oxygens (including phenoxy) is 1. The molecule has 0 N–H and O–H groups in total. The van der Waals surface area contributed by atoms with Gasteiger partial charge >= 0.3 is 0 Å². The molecular formula is C23H28N2O3. The van der Waals surface area contributed by atoms with Crippen LogP contribution in [-0.2, 0) is 4.79 Å². The van der Waals surface area contributed by atoms with Crippen molar-refractivity contribution in [1.29, 1.82) is 0 Å². The zero-order valence-electron chi connectivity index (χ0n) is 16.9. The number of methoxy groups -OCH3 is 1. The van der Waals surface area contributed by atoms with E-state index in [9.17, 15) is 9.59 Å². The fourth-order valence-electron chi connectivity index (χ4n) is 3.60. The van der Waals surface area contributed by atoms with E-state index in [1.807, 2.05) is 4.90 Å². The molecule has 2 aromatic carbocycles. The first-order valence-corrected chi connectivity index (χ1v) is 9.76. The Balaban J connectivity index is 1.51. The van der Waals surface area contributed by atoms with Crippen molar-refractivity contribution in [2.45, 2.75) is 32.7 Å². The van der Waals surface area contributed by atoms with Crippen LogP contribution in [0.4, 0.5) is 5.69 Å². The number of anilines is 1. The van der Waals surface area contributed by atoms with Crippen molar-refractivity contribution in [3.63, 3.8) is 0 Å². The average Bonchev–Trinajstić information content (AvgIpc) is 2.72. The number of carbonyl (C=O) groups excluding carboxylic acids is 2. The van der Waals surface area contributed by atoms with Crippen LogP contribution in [0.5, 0.6) is 5.75 Å². The number of rotatable bonds is 6. The SMILES string of the molecule is COc1ccc(C(=O)CCC(=O)N2CCN(c3ccc(C)cc3)[C@@H](C)C2)cc1. The second-order valence-electron chi connectivity index (χ2n) is 7.37. The molecule has 148 valence electrons. The summed E-state index contributed by atoms with van der Waals surface area (Å²) in [5.41, 5.74) is 3.05. The lowest BCUT2D eigenvalue weighted by atomic mass is 10.1. The van der Waals surface area contributed by atoms with E-state index in [2.05, 4.69) is 43.0 Å². The lowest BCUT2D eigenvalue weighted by Gasteiger charge is -2.41. The molecule has 5 nitrogen and oxygen atoms in total. The van der Waals surface area contributed by atoms with E-state index in [4.69, 9.17) is 4.74 Å². The van der Waals surface area contributed by atoms with Crippen LogP contribution in [0.15, 0.2) is 48.5 Å². The van der Waals surface area contributed by atoms with E-state index in [1.54, 1.807) is 31.4 Å². The fourth-order valence-corrected chi connectivity index (χ4v) is 3.60. The summed E-state index contributed by atoms with van der Waals surface area (Å²) in [7, 11) is 1.59. The molecule has 1 aliphatic heterocycles. The van der Waals surface area contributed by atoms with Crippen molar-refractivity contribution in [1.82, 2.24) is 4.90 Å². The van der Waals surface area contributed by atoms with Crippen LogP contribution in [0.25, 0.3) is 0 Å². The largest absolute Gasteiger partial charge is 0.497 e. The number of ketones is 1. The zero-order chi connectivity index (χ0) is 20.1. The highest BCUT2D eigenvalue weighted by atomic mass is 16.5. The van der Waals surface area contributed by atoms with Crippen molar-refractivity contribution >= 4 is 17.4 Å². The summed E-state index contributed by atoms with van der Waals surface area (Å²) in [6, 6.07) is 15.8. The molecule has 2 aromatic rings. The molecule has 1 fully saturated rings. The quantitative estimate of drug-likeness (QED) is 0.717. The molecule has 1 heterocycles. The molecule has 3 rings (SSSR count). The number of hydrogen-bond donors (Lipinski definition) is 0. The topological polar surface area (TPSA) is 49.9 Å². The van der Waals surface area contributed by atoms with Gasteiger partial charge < -0.3 is 14.5 Å². The third-order valence-corrected chi connectivity index (χ3v) is 5.32. The highest BCUT2D eigenvalue weighted by molar-refractivity contribution is 5.98. The van der Waals surface area contributed by atoms with Gasteiger partial charge in [0.25, 0.3) is 0 Å². The van der Waals surface area contributed by atoms with Crippen LogP contribution in [-0.4, -0.2) is 49.4 Å². The number of carbonyl (C=O) groups is 2. The van der Waals surface area contributed by atoms with E-state index < -0.39 is 0 Å². The summed E-state index contributed by atoms with van der Waals surface area (Å²) in [6.45, 7) is 6.40. The molecule has 1 amide bonds. The van der Waals surface area contributed by atoms with Gasteiger partial charge in [-0.25, -0.2) is 0 Å². The molecule has 0 radical (unpaired) electrons. The molecule has 28 heavy (non-hydrogen) atoms. The Labute approximate surface area is 166 Å². The van der Waals surface area contributed by atoms with Crippen LogP contribution < -0.4 is 9.64 Å². The number of piperazine rings is 1. The van der Waals surface area contributed by atoms with E-state index in [0.717, 1.165) is 6.54 Å². The van der Waals surface area contributed by atoms with Gasteiger partial charge in [0.1, 0.15) is 5.75 Å².